The number of likely N-dealkylation sites (tertiary alicyclic amines) is 1. The molecule has 1 amide bonds. The number of alkyl halides is 3. The molecule has 1 saturated heterocycles. The van der Waals surface area contributed by atoms with Gasteiger partial charge < -0.3 is 19.6 Å². The first-order valence-corrected chi connectivity index (χ1v) is 13.1. The van der Waals surface area contributed by atoms with Crippen molar-refractivity contribution in [1.29, 1.82) is 0 Å². The van der Waals surface area contributed by atoms with E-state index in [9.17, 15) is 27.5 Å². The van der Waals surface area contributed by atoms with E-state index >= 15 is 4.39 Å². The summed E-state index contributed by atoms with van der Waals surface area (Å²) in [4.78, 5) is 23.5. The van der Waals surface area contributed by atoms with Crippen molar-refractivity contribution in [3.05, 3.63) is 65.4 Å². The van der Waals surface area contributed by atoms with E-state index < -0.39 is 40.8 Å². The molecule has 1 fully saturated rings. The zero-order chi connectivity index (χ0) is 30.2. The third-order valence-corrected chi connectivity index (χ3v) is 7.21. The van der Waals surface area contributed by atoms with Crippen LogP contribution < -0.4 is 9.64 Å². The first-order valence-electron chi connectivity index (χ1n) is 13.1. The maximum absolute atomic E-state index is 15.7. The van der Waals surface area contributed by atoms with Gasteiger partial charge in [0.1, 0.15) is 12.3 Å². The number of rotatable bonds is 7. The average Bonchev–Trinajstić information content (AvgIpc) is 3.28. The van der Waals surface area contributed by atoms with Crippen molar-refractivity contribution in [3.63, 3.8) is 0 Å². The van der Waals surface area contributed by atoms with Crippen LogP contribution in [0.3, 0.4) is 0 Å². The number of likely N-dealkylation sites (N-methyl/N-ethyl adjacent to an activating group) is 1. The number of nitrogens with zero attached hydrogens (tertiary/aromatic N) is 6. The Bertz CT molecular complexity index is 1610. The van der Waals surface area contributed by atoms with Crippen LogP contribution in [0, 0.1) is 11.6 Å². The van der Waals surface area contributed by atoms with Gasteiger partial charge in [0, 0.05) is 38.9 Å². The van der Waals surface area contributed by atoms with Gasteiger partial charge in [-0.25, -0.2) is 23.2 Å². The number of ether oxygens (including phenoxy) is 1. The molecule has 2 aromatic carbocycles. The summed E-state index contributed by atoms with van der Waals surface area (Å²) in [7, 11) is 3.17. The Balaban J connectivity index is 1.52. The number of piperidine rings is 1. The van der Waals surface area contributed by atoms with Crippen molar-refractivity contribution >= 4 is 23.1 Å². The number of carbonyl (C=O) groups is 1. The van der Waals surface area contributed by atoms with Crippen molar-refractivity contribution in [2.24, 2.45) is 7.05 Å². The van der Waals surface area contributed by atoms with E-state index in [2.05, 4.69) is 15.1 Å². The second-order valence-electron chi connectivity index (χ2n) is 10.1. The predicted octanol–water partition coefficient (Wildman–Crippen LogP) is 5.88. The molecule has 1 atom stereocenters. The molecule has 222 valence electrons. The molecule has 1 unspecified atom stereocenters. The zero-order valence-corrected chi connectivity index (χ0v) is 22.7. The first kappa shape index (κ1) is 29.0. The Morgan fingerprint density at radius 2 is 1.90 bits per heavy atom. The highest BCUT2D eigenvalue weighted by atomic mass is 19.4. The van der Waals surface area contributed by atoms with Crippen LogP contribution in [0.25, 0.3) is 22.3 Å². The number of carboxylic acid groups (broad SMARTS) is 1. The number of hydrogen-bond donors (Lipinski definition) is 1. The second-order valence-corrected chi connectivity index (χ2v) is 10.1. The highest BCUT2D eigenvalue weighted by molar-refractivity contribution is 5.91. The molecular formula is C28H27F5N6O3. The second kappa shape index (κ2) is 11.4. The summed E-state index contributed by atoms with van der Waals surface area (Å²) in [6.07, 6.45) is -2.51. The van der Waals surface area contributed by atoms with Crippen LogP contribution in [0.1, 0.15) is 30.4 Å². The summed E-state index contributed by atoms with van der Waals surface area (Å²) in [6.45, 7) is 0.378. The number of benzene rings is 2. The molecule has 0 bridgehead atoms. The Hall–Kier alpha value is -4.49. The largest absolute Gasteiger partial charge is 0.483 e. The number of aryl methyl sites for hydroxylation is 1. The highest BCUT2D eigenvalue weighted by Crippen LogP contribution is 2.42. The number of halogens is 5. The summed E-state index contributed by atoms with van der Waals surface area (Å²) >= 11 is 0. The molecule has 1 aliphatic rings. The van der Waals surface area contributed by atoms with Crippen molar-refractivity contribution in [2.75, 3.05) is 25.0 Å². The molecule has 14 heteroatoms. The summed E-state index contributed by atoms with van der Waals surface area (Å²) in [5, 5.41) is 13.9. The van der Waals surface area contributed by atoms with Gasteiger partial charge in [-0.05, 0) is 30.9 Å². The number of anilines is 1. The van der Waals surface area contributed by atoms with Gasteiger partial charge in [0.05, 0.1) is 17.0 Å². The lowest BCUT2D eigenvalue weighted by Gasteiger charge is -2.35. The maximum Gasteiger partial charge on any atom is 0.419 e. The third-order valence-electron chi connectivity index (χ3n) is 7.21. The van der Waals surface area contributed by atoms with Gasteiger partial charge in [0.15, 0.2) is 23.0 Å². The molecule has 1 N–H and O–H groups in total. The first-order chi connectivity index (χ1) is 20.0. The van der Waals surface area contributed by atoms with Gasteiger partial charge in [0.2, 0.25) is 5.95 Å². The minimum atomic E-state index is -5.14. The molecule has 0 saturated carbocycles. The topological polar surface area (TPSA) is 96.6 Å². The fourth-order valence-electron chi connectivity index (χ4n) is 5.10. The molecule has 1 aliphatic heterocycles. The predicted molar refractivity (Wildman–Crippen MR) is 143 cm³/mol. The smallest absolute Gasteiger partial charge is 0.419 e. The monoisotopic (exact) mass is 590 g/mol. The Morgan fingerprint density at radius 3 is 2.60 bits per heavy atom. The minimum absolute atomic E-state index is 0.132. The van der Waals surface area contributed by atoms with Crippen molar-refractivity contribution in [2.45, 2.75) is 38.1 Å². The molecule has 0 aliphatic carbocycles. The molecule has 4 aromatic rings. The van der Waals surface area contributed by atoms with Gasteiger partial charge in [-0.2, -0.15) is 23.3 Å². The SMILES string of the molecule is CN(CC1CCCCN1C(=O)O)c1ncc2c(-c3cc(C(F)(F)F)c(F)c(OCc4ccccc4)c3F)nn(C)c2n1. The molecule has 3 heterocycles. The van der Waals surface area contributed by atoms with Crippen molar-refractivity contribution in [1.82, 2.24) is 24.6 Å². The lowest BCUT2D eigenvalue weighted by Crippen LogP contribution is -2.48. The summed E-state index contributed by atoms with van der Waals surface area (Å²) in [6, 6.07) is 8.34. The van der Waals surface area contributed by atoms with Gasteiger partial charge in [-0.15, -0.1) is 0 Å². The Labute approximate surface area is 237 Å². The number of hydrogen-bond acceptors (Lipinski definition) is 6. The molecule has 42 heavy (non-hydrogen) atoms. The van der Waals surface area contributed by atoms with Crippen molar-refractivity contribution < 1.29 is 36.6 Å². The van der Waals surface area contributed by atoms with Crippen LogP contribution in [0.5, 0.6) is 5.75 Å². The summed E-state index contributed by atoms with van der Waals surface area (Å²) in [5.74, 6) is -4.16. The standard InChI is InChI=1S/C28H27F5N6O3/c1-37(14-17-10-6-7-11-39(17)27(40)41)26-34-13-19-23(36-38(2)25(19)35-26)18-12-20(28(31,32)33)22(30)24(21(18)29)42-15-16-8-4-3-5-9-16/h3-5,8-9,12-13,17H,6-7,10-11,14-15H2,1-2H3,(H,40,41). The van der Waals surface area contributed by atoms with E-state index in [0.717, 1.165) is 12.8 Å². The third kappa shape index (κ3) is 5.65. The normalized spacial score (nSPS) is 15.7. The fraction of sp³-hybridized carbons (Fsp3) is 0.357. The Kier molecular flexibility index (Phi) is 7.89. The maximum atomic E-state index is 15.7. The van der Waals surface area contributed by atoms with Gasteiger partial charge >= 0.3 is 12.3 Å². The lowest BCUT2D eigenvalue weighted by molar-refractivity contribution is -0.140. The molecule has 0 spiro atoms. The van der Waals surface area contributed by atoms with E-state index in [1.165, 1.54) is 22.8 Å². The van der Waals surface area contributed by atoms with E-state index in [0.29, 0.717) is 31.1 Å². The summed E-state index contributed by atoms with van der Waals surface area (Å²) in [5.41, 5.74) is -1.86. The van der Waals surface area contributed by atoms with Crippen LogP contribution in [0.2, 0.25) is 0 Å². The van der Waals surface area contributed by atoms with Gasteiger partial charge in [-0.1, -0.05) is 30.3 Å². The highest BCUT2D eigenvalue weighted by Gasteiger charge is 2.39. The van der Waals surface area contributed by atoms with Gasteiger partial charge in [-0.3, -0.25) is 0 Å². The fourth-order valence-corrected chi connectivity index (χ4v) is 5.10. The van der Waals surface area contributed by atoms with Gasteiger partial charge in [0.25, 0.3) is 0 Å². The lowest BCUT2D eigenvalue weighted by atomic mass is 10.0. The van der Waals surface area contributed by atoms with E-state index in [1.807, 2.05) is 0 Å². The number of amides is 1. The van der Waals surface area contributed by atoms with Crippen LogP contribution in [-0.2, 0) is 19.8 Å². The van der Waals surface area contributed by atoms with Crippen molar-refractivity contribution in [3.8, 4) is 17.0 Å². The quantitative estimate of drug-likeness (QED) is 0.269. The zero-order valence-electron chi connectivity index (χ0n) is 22.7. The number of aromatic nitrogens is 4. The molecule has 0 radical (unpaired) electrons. The van der Waals surface area contributed by atoms with Crippen LogP contribution in [0.4, 0.5) is 32.7 Å². The van der Waals surface area contributed by atoms with Crippen LogP contribution in [-0.4, -0.2) is 62.0 Å². The Morgan fingerprint density at radius 1 is 1.17 bits per heavy atom. The molecule has 2 aromatic heterocycles. The average molecular weight is 591 g/mol. The van der Waals surface area contributed by atoms with E-state index in [4.69, 9.17) is 4.74 Å². The minimum Gasteiger partial charge on any atom is -0.483 e. The molecule has 9 nitrogen and oxygen atoms in total. The van der Waals surface area contributed by atoms with E-state index in [-0.39, 0.29) is 35.3 Å². The molecule has 5 rings (SSSR count). The number of fused-ring (bicyclic) bond motifs is 1. The summed E-state index contributed by atoms with van der Waals surface area (Å²) < 4.78 is 78.7. The van der Waals surface area contributed by atoms with Crippen LogP contribution >= 0.6 is 0 Å². The van der Waals surface area contributed by atoms with E-state index in [1.54, 1.807) is 42.3 Å². The molecular weight excluding hydrogens is 563 g/mol. The van der Waals surface area contributed by atoms with Crippen LogP contribution in [0.15, 0.2) is 42.6 Å².